The van der Waals surface area contributed by atoms with Crippen LogP contribution >= 0.6 is 22.9 Å². The number of hydrogen-bond donors (Lipinski definition) is 0. The fourth-order valence-corrected chi connectivity index (χ4v) is 5.16. The van der Waals surface area contributed by atoms with Crippen LogP contribution in [0, 0.1) is 18.3 Å². The SMILES string of the molecule is Cc1cccn2c(=O)c(-c3cn(CCC#N)c4ccccc34)c[n+](Cc3cnc(Cl)s3)c12. The summed E-state index contributed by atoms with van der Waals surface area (Å²) in [5, 5.41) is 10.0. The van der Waals surface area contributed by atoms with Gasteiger partial charge in [-0.05, 0) is 25.1 Å². The number of aryl methyl sites for hydroxylation is 2. The molecule has 0 bridgehead atoms. The molecule has 0 saturated heterocycles. The van der Waals surface area contributed by atoms with Crippen LogP contribution in [0.5, 0.6) is 0 Å². The van der Waals surface area contributed by atoms with Crippen molar-refractivity contribution in [1.29, 1.82) is 5.26 Å². The zero-order valence-electron chi connectivity index (χ0n) is 17.3. The fraction of sp³-hybridized carbons (Fsp3) is 0.167. The smallest absolute Gasteiger partial charge is 0.346 e. The number of halogens is 1. The Morgan fingerprint density at radius 2 is 2.06 bits per heavy atom. The third-order valence-corrected chi connectivity index (χ3v) is 6.66. The van der Waals surface area contributed by atoms with Gasteiger partial charge < -0.3 is 4.57 Å². The lowest BCUT2D eigenvalue weighted by Gasteiger charge is -2.07. The third kappa shape index (κ3) is 3.48. The predicted octanol–water partition coefficient (Wildman–Crippen LogP) is 4.59. The van der Waals surface area contributed by atoms with Crippen molar-refractivity contribution in [3.05, 3.63) is 86.4 Å². The van der Waals surface area contributed by atoms with Gasteiger partial charge in [-0.25, -0.2) is 14.3 Å². The minimum atomic E-state index is -0.0783. The van der Waals surface area contributed by atoms with E-state index in [-0.39, 0.29) is 5.56 Å². The summed E-state index contributed by atoms with van der Waals surface area (Å²) >= 11 is 7.49. The predicted molar refractivity (Wildman–Crippen MR) is 126 cm³/mol. The molecule has 1 aromatic carbocycles. The highest BCUT2D eigenvalue weighted by Gasteiger charge is 2.22. The second kappa shape index (κ2) is 8.23. The van der Waals surface area contributed by atoms with Crippen LogP contribution in [0.15, 0.2) is 66.0 Å². The molecule has 0 N–H and O–H groups in total. The molecule has 6 nitrogen and oxygen atoms in total. The van der Waals surface area contributed by atoms with Crippen LogP contribution in [0.1, 0.15) is 16.9 Å². The topological polar surface area (TPSA) is 67.0 Å². The Labute approximate surface area is 193 Å². The van der Waals surface area contributed by atoms with Crippen molar-refractivity contribution >= 4 is 39.5 Å². The van der Waals surface area contributed by atoms with E-state index in [0.717, 1.165) is 32.6 Å². The maximum Gasteiger partial charge on any atom is 0.350 e. The van der Waals surface area contributed by atoms with Gasteiger partial charge in [-0.2, -0.15) is 9.66 Å². The van der Waals surface area contributed by atoms with Crippen LogP contribution in [-0.2, 0) is 13.1 Å². The van der Waals surface area contributed by atoms with Gasteiger partial charge in [0, 0.05) is 41.0 Å². The zero-order chi connectivity index (χ0) is 22.2. The highest BCUT2D eigenvalue weighted by atomic mass is 35.5. The number of hydrogen-bond acceptors (Lipinski definition) is 4. The minimum absolute atomic E-state index is 0.0783. The van der Waals surface area contributed by atoms with Crippen LogP contribution in [0.2, 0.25) is 4.47 Å². The molecule has 0 radical (unpaired) electrons. The van der Waals surface area contributed by atoms with Gasteiger partial charge in [0.25, 0.3) is 5.65 Å². The molecule has 32 heavy (non-hydrogen) atoms. The maximum absolute atomic E-state index is 13.6. The Morgan fingerprint density at radius 1 is 1.22 bits per heavy atom. The molecule has 0 fully saturated rings. The molecule has 0 aliphatic rings. The first kappa shape index (κ1) is 20.4. The Balaban J connectivity index is 1.78. The van der Waals surface area contributed by atoms with Crippen molar-refractivity contribution in [3.8, 4) is 17.2 Å². The summed E-state index contributed by atoms with van der Waals surface area (Å²) in [5.74, 6) is 0. The molecular weight excluding hydrogens is 442 g/mol. The van der Waals surface area contributed by atoms with Gasteiger partial charge >= 0.3 is 5.56 Å². The van der Waals surface area contributed by atoms with Crippen LogP contribution in [-0.4, -0.2) is 14.0 Å². The highest BCUT2D eigenvalue weighted by Crippen LogP contribution is 2.29. The summed E-state index contributed by atoms with van der Waals surface area (Å²) in [7, 11) is 0. The van der Waals surface area contributed by atoms with E-state index in [2.05, 4.69) is 15.6 Å². The molecule has 5 aromatic rings. The first-order valence-corrected chi connectivity index (χ1v) is 11.4. The summed E-state index contributed by atoms with van der Waals surface area (Å²) < 4.78 is 6.33. The second-order valence-electron chi connectivity index (χ2n) is 7.60. The van der Waals surface area contributed by atoms with Crippen LogP contribution in [0.25, 0.3) is 27.7 Å². The molecular formula is C24H19ClN5OS+. The van der Waals surface area contributed by atoms with E-state index < -0.39 is 0 Å². The first-order valence-electron chi connectivity index (χ1n) is 10.2. The Kier molecular flexibility index (Phi) is 5.25. The lowest BCUT2D eigenvalue weighted by molar-refractivity contribution is -0.665. The normalized spacial score (nSPS) is 11.3. The van der Waals surface area contributed by atoms with E-state index in [4.69, 9.17) is 16.9 Å². The quantitative estimate of drug-likeness (QED) is 0.360. The average Bonchev–Trinajstić information content (AvgIpc) is 3.37. The van der Waals surface area contributed by atoms with Gasteiger partial charge in [-0.15, -0.1) is 11.3 Å². The minimum Gasteiger partial charge on any atom is -0.346 e. The molecule has 0 amide bonds. The van der Waals surface area contributed by atoms with E-state index in [1.165, 1.54) is 11.3 Å². The molecule has 0 atom stereocenters. The number of aromatic nitrogens is 4. The largest absolute Gasteiger partial charge is 0.350 e. The van der Waals surface area contributed by atoms with Gasteiger partial charge in [0.15, 0.2) is 4.47 Å². The summed E-state index contributed by atoms with van der Waals surface area (Å²) in [6.45, 7) is 3.13. The van der Waals surface area contributed by atoms with Crippen LogP contribution in [0.4, 0.5) is 0 Å². The number of rotatable bonds is 5. The Bertz CT molecular complexity index is 1570. The summed E-state index contributed by atoms with van der Waals surface area (Å²) in [4.78, 5) is 18.8. The van der Waals surface area contributed by atoms with Crippen molar-refractivity contribution < 1.29 is 4.57 Å². The molecule has 4 aromatic heterocycles. The lowest BCUT2D eigenvalue weighted by atomic mass is 10.1. The Morgan fingerprint density at radius 3 is 2.84 bits per heavy atom. The van der Waals surface area contributed by atoms with Crippen molar-refractivity contribution in [2.45, 2.75) is 26.4 Å². The zero-order valence-corrected chi connectivity index (χ0v) is 18.9. The number of para-hydroxylation sites is 1. The fourth-order valence-electron chi connectivity index (χ4n) is 4.19. The van der Waals surface area contributed by atoms with Gasteiger partial charge in [-0.1, -0.05) is 29.8 Å². The maximum atomic E-state index is 13.6. The van der Waals surface area contributed by atoms with E-state index >= 15 is 0 Å². The number of nitrogens with zero attached hydrogens (tertiary/aromatic N) is 5. The number of thiazole rings is 1. The van der Waals surface area contributed by atoms with Gasteiger partial charge in [-0.3, -0.25) is 0 Å². The standard InChI is InChI=1S/C24H19ClN5OS/c1-16-6-4-11-30-22(16)29(13-17-12-27-24(25)32-17)15-20(23(30)31)19-14-28(10-5-9-26)21-8-3-2-7-18(19)21/h2-4,6-8,11-12,14-15H,5,10,13H2,1H3/q+1. The van der Waals surface area contributed by atoms with Crippen molar-refractivity contribution in [3.63, 3.8) is 0 Å². The molecule has 0 aliphatic carbocycles. The van der Waals surface area contributed by atoms with Gasteiger partial charge in [0.2, 0.25) is 0 Å². The van der Waals surface area contributed by atoms with Crippen molar-refractivity contribution in [2.24, 2.45) is 0 Å². The lowest BCUT2D eigenvalue weighted by Crippen LogP contribution is -2.41. The molecule has 0 aliphatic heterocycles. The van der Waals surface area contributed by atoms with E-state index in [1.54, 1.807) is 16.8 Å². The second-order valence-corrected chi connectivity index (χ2v) is 9.30. The molecule has 0 unspecified atom stereocenters. The number of fused-ring (bicyclic) bond motifs is 2. The number of pyridine rings is 1. The van der Waals surface area contributed by atoms with E-state index in [1.807, 2.05) is 60.3 Å². The molecule has 4 heterocycles. The van der Waals surface area contributed by atoms with E-state index in [0.29, 0.717) is 29.5 Å². The summed E-state index contributed by atoms with van der Waals surface area (Å²) in [6, 6.07) is 14.1. The van der Waals surface area contributed by atoms with Gasteiger partial charge in [0.1, 0.15) is 18.3 Å². The van der Waals surface area contributed by atoms with E-state index in [9.17, 15) is 4.79 Å². The Hall–Kier alpha value is -3.47. The van der Waals surface area contributed by atoms with Crippen LogP contribution in [0.3, 0.4) is 0 Å². The third-order valence-electron chi connectivity index (χ3n) is 5.56. The average molecular weight is 461 g/mol. The molecule has 0 saturated carbocycles. The van der Waals surface area contributed by atoms with Crippen molar-refractivity contribution in [1.82, 2.24) is 14.0 Å². The highest BCUT2D eigenvalue weighted by molar-refractivity contribution is 7.15. The first-order chi connectivity index (χ1) is 15.6. The molecule has 158 valence electrons. The molecule has 5 rings (SSSR count). The van der Waals surface area contributed by atoms with Crippen LogP contribution < -0.4 is 10.1 Å². The summed E-state index contributed by atoms with van der Waals surface area (Å²) in [5.41, 5.74) is 4.23. The van der Waals surface area contributed by atoms with Gasteiger partial charge in [0.05, 0.1) is 23.6 Å². The summed E-state index contributed by atoms with van der Waals surface area (Å²) in [6.07, 6.45) is 7.89. The van der Waals surface area contributed by atoms with Crippen molar-refractivity contribution in [2.75, 3.05) is 0 Å². The number of benzene rings is 1. The number of nitriles is 1. The molecule has 8 heteroatoms. The monoisotopic (exact) mass is 460 g/mol. The molecule has 0 spiro atoms.